The molecule has 172 valence electrons. The van der Waals surface area contributed by atoms with E-state index in [4.69, 9.17) is 27.9 Å². The van der Waals surface area contributed by atoms with Gasteiger partial charge in [-0.25, -0.2) is 0 Å². The maximum Gasteiger partial charge on any atom is 0.266 e. The Morgan fingerprint density at radius 1 is 0.941 bits per heavy atom. The summed E-state index contributed by atoms with van der Waals surface area (Å²) in [7, 11) is 0. The van der Waals surface area contributed by atoms with Crippen LogP contribution in [0.15, 0.2) is 75.2 Å². The molecule has 3 aromatic carbocycles. The van der Waals surface area contributed by atoms with E-state index in [0.717, 1.165) is 0 Å². The van der Waals surface area contributed by atoms with Crippen molar-refractivity contribution in [3.63, 3.8) is 0 Å². The molecule has 0 aliphatic carbocycles. The molecule has 0 aliphatic heterocycles. The molecule has 0 heterocycles. The van der Waals surface area contributed by atoms with Gasteiger partial charge in [0.15, 0.2) is 6.61 Å². The number of hydrogen-bond donors (Lipinski definition) is 2. The predicted molar refractivity (Wildman–Crippen MR) is 141 cm³/mol. The van der Waals surface area contributed by atoms with Crippen LogP contribution in [0.3, 0.4) is 0 Å². The maximum absolute atomic E-state index is 12.5. The molecule has 0 radical (unpaired) electrons. The molecule has 2 N–H and O–H groups in total. The Balaban J connectivity index is 1.69. The standard InChI is InChI=1S/C24H15Br2Cl2N3O3/c25-20-9-14(8-15(12-29)24(33)31-19-3-1-2-17(28)11-19)10-21(26)23(20)34-13-22(32)30-18-6-4-16(27)5-7-18/h1-11H,13H2,(H,30,32)(H,31,33)/b15-8+. The average molecular weight is 624 g/mol. The van der Waals surface area contributed by atoms with Gasteiger partial charge in [0.1, 0.15) is 17.4 Å². The Kier molecular flexibility index (Phi) is 9.13. The molecule has 0 unspecified atom stereocenters. The lowest BCUT2D eigenvalue weighted by molar-refractivity contribution is -0.118. The van der Waals surface area contributed by atoms with Crippen molar-refractivity contribution in [2.45, 2.75) is 0 Å². The molecule has 0 aliphatic rings. The van der Waals surface area contributed by atoms with Crippen LogP contribution in [0.5, 0.6) is 5.75 Å². The number of nitriles is 1. The summed E-state index contributed by atoms with van der Waals surface area (Å²) in [6.07, 6.45) is 1.44. The summed E-state index contributed by atoms with van der Waals surface area (Å²) in [4.78, 5) is 24.7. The van der Waals surface area contributed by atoms with Crippen LogP contribution in [0, 0.1) is 11.3 Å². The van der Waals surface area contributed by atoms with Gasteiger partial charge in [-0.15, -0.1) is 0 Å². The van der Waals surface area contributed by atoms with Crippen molar-refractivity contribution in [3.05, 3.63) is 90.8 Å². The van der Waals surface area contributed by atoms with E-state index in [1.54, 1.807) is 60.7 Å². The highest BCUT2D eigenvalue weighted by atomic mass is 79.9. The molecule has 0 aromatic heterocycles. The van der Waals surface area contributed by atoms with Crippen LogP contribution in [0.25, 0.3) is 6.08 Å². The maximum atomic E-state index is 12.5. The van der Waals surface area contributed by atoms with Gasteiger partial charge in [-0.05, 0) is 98.1 Å². The topological polar surface area (TPSA) is 91.2 Å². The first kappa shape index (κ1) is 25.8. The first-order chi connectivity index (χ1) is 16.2. The zero-order valence-corrected chi connectivity index (χ0v) is 21.9. The minimum atomic E-state index is -0.573. The third kappa shape index (κ3) is 7.34. The molecule has 0 bridgehead atoms. The van der Waals surface area contributed by atoms with Crippen molar-refractivity contribution in [1.29, 1.82) is 5.26 Å². The Labute approximate surface area is 222 Å². The van der Waals surface area contributed by atoms with Crippen molar-refractivity contribution in [3.8, 4) is 11.8 Å². The molecule has 6 nitrogen and oxygen atoms in total. The van der Waals surface area contributed by atoms with Crippen LogP contribution >= 0.6 is 55.1 Å². The number of ether oxygens (including phenoxy) is 1. The summed E-state index contributed by atoms with van der Waals surface area (Å²) >= 11 is 18.6. The summed E-state index contributed by atoms with van der Waals surface area (Å²) in [5.74, 6) is -0.531. The second kappa shape index (κ2) is 12.0. The summed E-state index contributed by atoms with van der Waals surface area (Å²) in [6.45, 7) is -0.236. The lowest BCUT2D eigenvalue weighted by Crippen LogP contribution is -2.20. The fourth-order valence-corrected chi connectivity index (χ4v) is 4.52. The zero-order chi connectivity index (χ0) is 24.7. The Bertz CT molecular complexity index is 1280. The first-order valence-corrected chi connectivity index (χ1v) is 12.0. The van der Waals surface area contributed by atoms with Gasteiger partial charge >= 0.3 is 0 Å². The second-order valence-corrected chi connectivity index (χ2v) is 9.37. The molecule has 0 atom stereocenters. The van der Waals surface area contributed by atoms with Crippen LogP contribution in [-0.4, -0.2) is 18.4 Å². The quantitative estimate of drug-likeness (QED) is 0.217. The van der Waals surface area contributed by atoms with Crippen LogP contribution in [0.2, 0.25) is 10.0 Å². The molecule has 0 saturated heterocycles. The van der Waals surface area contributed by atoms with Gasteiger partial charge in [0.25, 0.3) is 11.8 Å². The van der Waals surface area contributed by atoms with E-state index in [0.29, 0.717) is 41.7 Å². The van der Waals surface area contributed by atoms with Crippen LogP contribution in [0.1, 0.15) is 5.56 Å². The number of hydrogen-bond acceptors (Lipinski definition) is 4. The number of carbonyl (C=O) groups excluding carboxylic acids is 2. The monoisotopic (exact) mass is 621 g/mol. The van der Waals surface area contributed by atoms with Crippen LogP contribution in [0.4, 0.5) is 11.4 Å². The highest BCUT2D eigenvalue weighted by molar-refractivity contribution is 9.11. The Morgan fingerprint density at radius 2 is 1.62 bits per heavy atom. The molecule has 0 fully saturated rings. The number of nitrogens with zero attached hydrogens (tertiary/aromatic N) is 1. The van der Waals surface area contributed by atoms with Crippen molar-refractivity contribution in [1.82, 2.24) is 0 Å². The van der Waals surface area contributed by atoms with Gasteiger partial charge in [0.2, 0.25) is 0 Å². The first-order valence-electron chi connectivity index (χ1n) is 9.61. The van der Waals surface area contributed by atoms with E-state index in [2.05, 4.69) is 42.5 Å². The molecule has 3 aromatic rings. The van der Waals surface area contributed by atoms with Crippen molar-refractivity contribution < 1.29 is 14.3 Å². The average Bonchev–Trinajstić information content (AvgIpc) is 2.78. The van der Waals surface area contributed by atoms with E-state index in [1.165, 1.54) is 6.08 Å². The number of carbonyl (C=O) groups is 2. The van der Waals surface area contributed by atoms with E-state index < -0.39 is 5.91 Å². The molecule has 3 rings (SSSR count). The number of anilines is 2. The molecule has 0 spiro atoms. The fourth-order valence-electron chi connectivity index (χ4n) is 2.75. The highest BCUT2D eigenvalue weighted by Gasteiger charge is 2.14. The minimum Gasteiger partial charge on any atom is -0.481 e. The van der Waals surface area contributed by atoms with Gasteiger partial charge < -0.3 is 15.4 Å². The van der Waals surface area contributed by atoms with Gasteiger partial charge in [-0.2, -0.15) is 5.26 Å². The van der Waals surface area contributed by atoms with Crippen LogP contribution < -0.4 is 15.4 Å². The van der Waals surface area contributed by atoms with E-state index in [9.17, 15) is 14.9 Å². The summed E-state index contributed by atoms with van der Waals surface area (Å²) in [5.41, 5.74) is 1.53. The number of nitrogens with one attached hydrogen (secondary N) is 2. The van der Waals surface area contributed by atoms with Gasteiger partial charge in [0.05, 0.1) is 8.95 Å². The summed E-state index contributed by atoms with van der Waals surface area (Å²) < 4.78 is 6.70. The van der Waals surface area contributed by atoms with E-state index >= 15 is 0 Å². The molecule has 2 amide bonds. The van der Waals surface area contributed by atoms with Gasteiger partial charge in [-0.3, -0.25) is 9.59 Å². The molecule has 0 saturated carbocycles. The second-order valence-electron chi connectivity index (χ2n) is 6.79. The number of benzene rings is 3. The smallest absolute Gasteiger partial charge is 0.266 e. The van der Waals surface area contributed by atoms with Crippen molar-refractivity contribution >= 4 is 84.3 Å². The molecular weight excluding hydrogens is 609 g/mol. The largest absolute Gasteiger partial charge is 0.481 e. The van der Waals surface area contributed by atoms with Gasteiger partial charge in [0, 0.05) is 21.4 Å². The Hall–Kier alpha value is -2.83. The minimum absolute atomic E-state index is 0.102. The lowest BCUT2D eigenvalue weighted by Gasteiger charge is -2.12. The SMILES string of the molecule is N#C/C(=C\c1cc(Br)c(OCC(=O)Nc2ccc(Cl)cc2)c(Br)c1)C(=O)Nc1cccc(Cl)c1. The van der Waals surface area contributed by atoms with Crippen LogP contribution in [-0.2, 0) is 9.59 Å². The third-order valence-electron chi connectivity index (χ3n) is 4.25. The number of amides is 2. The number of rotatable bonds is 7. The predicted octanol–water partition coefficient (Wildman–Crippen LogP) is 7.08. The summed E-state index contributed by atoms with van der Waals surface area (Å²) in [6, 6.07) is 18.6. The van der Waals surface area contributed by atoms with E-state index in [1.807, 2.05) is 6.07 Å². The van der Waals surface area contributed by atoms with Gasteiger partial charge in [-0.1, -0.05) is 29.3 Å². The normalized spacial score (nSPS) is 10.9. The molecule has 34 heavy (non-hydrogen) atoms. The van der Waals surface area contributed by atoms with Crippen molar-refractivity contribution in [2.75, 3.05) is 17.2 Å². The zero-order valence-electron chi connectivity index (χ0n) is 17.2. The molecular formula is C24H15Br2Cl2N3O3. The summed E-state index contributed by atoms with van der Waals surface area (Å²) in [5, 5.41) is 15.8. The lowest BCUT2D eigenvalue weighted by atomic mass is 10.1. The third-order valence-corrected chi connectivity index (χ3v) is 5.92. The molecule has 10 heteroatoms. The Morgan fingerprint density at radius 3 is 2.24 bits per heavy atom. The van der Waals surface area contributed by atoms with E-state index in [-0.39, 0.29) is 18.1 Å². The number of halogens is 4. The van der Waals surface area contributed by atoms with Crippen molar-refractivity contribution in [2.24, 2.45) is 0 Å². The fraction of sp³-hybridized carbons (Fsp3) is 0.0417. The highest BCUT2D eigenvalue weighted by Crippen LogP contribution is 2.35.